The largest absolute Gasteiger partial charge is 0.381 e. The number of rotatable bonds is 9. The minimum Gasteiger partial charge on any atom is -0.381 e. The second kappa shape index (κ2) is 12.5. The second-order valence-electron chi connectivity index (χ2n) is 6.67. The molecule has 0 aromatic carbocycles. The molecule has 7 heteroatoms. The standard InChI is InChI=1S/C17H33N3O2S.HI/c1-3-23(21)16-7-4-6-15(12-16)20-17(18-2)19-10-5-11-22-13-14-8-9-14;/h14-16H,3-13H2,1-2H3,(H2,18,19,20);1H. The Morgan fingerprint density at radius 2 is 2.08 bits per heavy atom. The summed E-state index contributed by atoms with van der Waals surface area (Å²) in [6.07, 6.45) is 8.08. The first-order valence-electron chi connectivity index (χ1n) is 9.15. The normalized spacial score (nSPS) is 25.7. The summed E-state index contributed by atoms with van der Waals surface area (Å²) >= 11 is 0. The molecule has 2 saturated carbocycles. The highest BCUT2D eigenvalue weighted by Crippen LogP contribution is 2.28. The van der Waals surface area contributed by atoms with Crippen molar-refractivity contribution < 1.29 is 8.95 Å². The highest BCUT2D eigenvalue weighted by Gasteiger charge is 2.26. The van der Waals surface area contributed by atoms with Gasteiger partial charge in [0.25, 0.3) is 0 Å². The van der Waals surface area contributed by atoms with Crippen LogP contribution < -0.4 is 10.6 Å². The van der Waals surface area contributed by atoms with Crippen LogP contribution in [0.3, 0.4) is 0 Å². The maximum absolute atomic E-state index is 12.0. The van der Waals surface area contributed by atoms with Crippen LogP contribution in [-0.2, 0) is 15.5 Å². The Labute approximate surface area is 166 Å². The summed E-state index contributed by atoms with van der Waals surface area (Å²) in [6.45, 7) is 4.65. The third kappa shape index (κ3) is 8.47. The van der Waals surface area contributed by atoms with E-state index in [1.54, 1.807) is 0 Å². The molecule has 0 aromatic rings. The predicted octanol–water partition coefficient (Wildman–Crippen LogP) is 2.67. The Hall–Kier alpha value is 0.110. The van der Waals surface area contributed by atoms with Gasteiger partial charge in [-0.05, 0) is 44.4 Å². The summed E-state index contributed by atoms with van der Waals surface area (Å²) in [5.41, 5.74) is 0. The fourth-order valence-electron chi connectivity index (χ4n) is 3.05. The summed E-state index contributed by atoms with van der Waals surface area (Å²) in [5.74, 6) is 2.47. The van der Waals surface area contributed by atoms with Crippen LogP contribution in [0, 0.1) is 5.92 Å². The molecule has 0 amide bonds. The van der Waals surface area contributed by atoms with E-state index in [1.165, 1.54) is 12.8 Å². The minimum absolute atomic E-state index is 0. The smallest absolute Gasteiger partial charge is 0.191 e. The molecule has 3 atom stereocenters. The van der Waals surface area contributed by atoms with E-state index in [4.69, 9.17) is 4.74 Å². The highest BCUT2D eigenvalue weighted by atomic mass is 127. The summed E-state index contributed by atoms with van der Waals surface area (Å²) in [6, 6.07) is 0.390. The van der Waals surface area contributed by atoms with Crippen LogP contribution in [0.25, 0.3) is 0 Å². The molecule has 0 saturated heterocycles. The molecule has 142 valence electrons. The van der Waals surface area contributed by atoms with Crippen molar-refractivity contribution in [2.24, 2.45) is 10.9 Å². The number of ether oxygens (including phenoxy) is 1. The highest BCUT2D eigenvalue weighted by molar-refractivity contribution is 14.0. The first-order valence-corrected chi connectivity index (χ1v) is 10.5. The van der Waals surface area contributed by atoms with Crippen LogP contribution in [0.5, 0.6) is 0 Å². The van der Waals surface area contributed by atoms with Gasteiger partial charge in [-0.25, -0.2) is 0 Å². The number of nitrogens with zero attached hydrogens (tertiary/aromatic N) is 1. The van der Waals surface area contributed by atoms with E-state index in [0.717, 1.165) is 69.5 Å². The monoisotopic (exact) mass is 471 g/mol. The van der Waals surface area contributed by atoms with E-state index in [9.17, 15) is 4.21 Å². The van der Waals surface area contributed by atoms with E-state index < -0.39 is 10.8 Å². The quantitative estimate of drug-likeness (QED) is 0.235. The first-order chi connectivity index (χ1) is 11.2. The van der Waals surface area contributed by atoms with Crippen molar-refractivity contribution in [2.75, 3.05) is 32.6 Å². The molecule has 5 nitrogen and oxygen atoms in total. The zero-order valence-electron chi connectivity index (χ0n) is 15.1. The van der Waals surface area contributed by atoms with Crippen LogP contribution in [0.15, 0.2) is 4.99 Å². The van der Waals surface area contributed by atoms with Gasteiger partial charge < -0.3 is 15.4 Å². The molecule has 2 rings (SSSR count). The summed E-state index contributed by atoms with van der Waals surface area (Å²) < 4.78 is 17.7. The van der Waals surface area contributed by atoms with E-state index in [-0.39, 0.29) is 24.0 Å². The molecule has 0 bridgehead atoms. The number of halogens is 1. The second-order valence-corrected chi connectivity index (χ2v) is 8.68. The van der Waals surface area contributed by atoms with Gasteiger partial charge in [0.05, 0.1) is 0 Å². The first kappa shape index (κ1) is 22.2. The van der Waals surface area contributed by atoms with Crippen molar-refractivity contribution in [3.63, 3.8) is 0 Å². The van der Waals surface area contributed by atoms with Crippen LogP contribution in [-0.4, -0.2) is 54.0 Å². The van der Waals surface area contributed by atoms with Crippen LogP contribution in [0.4, 0.5) is 0 Å². The Bertz CT molecular complexity index is 405. The Kier molecular flexibility index (Phi) is 11.5. The van der Waals surface area contributed by atoms with Crippen molar-refractivity contribution >= 4 is 40.7 Å². The average Bonchev–Trinajstić information content (AvgIpc) is 3.40. The molecular weight excluding hydrogens is 437 g/mol. The van der Waals surface area contributed by atoms with E-state index in [1.807, 2.05) is 14.0 Å². The number of aliphatic imine (C=N–C) groups is 1. The fraction of sp³-hybridized carbons (Fsp3) is 0.941. The zero-order chi connectivity index (χ0) is 16.5. The average molecular weight is 471 g/mol. The topological polar surface area (TPSA) is 62.7 Å². The lowest BCUT2D eigenvalue weighted by atomic mass is 9.95. The van der Waals surface area contributed by atoms with Crippen LogP contribution in [0.1, 0.15) is 51.9 Å². The molecule has 2 N–H and O–H groups in total. The number of nitrogens with one attached hydrogen (secondary N) is 2. The lowest BCUT2D eigenvalue weighted by Crippen LogP contribution is -2.46. The van der Waals surface area contributed by atoms with Gasteiger partial charge in [-0.3, -0.25) is 9.20 Å². The van der Waals surface area contributed by atoms with Gasteiger partial charge >= 0.3 is 0 Å². The lowest BCUT2D eigenvalue weighted by Gasteiger charge is -2.30. The van der Waals surface area contributed by atoms with Gasteiger partial charge in [0.2, 0.25) is 0 Å². The van der Waals surface area contributed by atoms with Crippen LogP contribution >= 0.6 is 24.0 Å². The van der Waals surface area contributed by atoms with E-state index in [0.29, 0.717) is 11.3 Å². The zero-order valence-corrected chi connectivity index (χ0v) is 18.2. The van der Waals surface area contributed by atoms with Gasteiger partial charge in [-0.1, -0.05) is 13.3 Å². The molecular formula is C17H34IN3O2S. The van der Waals surface area contributed by atoms with Gasteiger partial charge in [0.15, 0.2) is 5.96 Å². The van der Waals surface area contributed by atoms with Gasteiger partial charge in [-0.2, -0.15) is 0 Å². The Morgan fingerprint density at radius 3 is 2.75 bits per heavy atom. The van der Waals surface area contributed by atoms with Crippen LogP contribution in [0.2, 0.25) is 0 Å². The van der Waals surface area contributed by atoms with Crippen molar-refractivity contribution in [2.45, 2.75) is 63.2 Å². The van der Waals surface area contributed by atoms with Crippen molar-refractivity contribution in [1.29, 1.82) is 0 Å². The van der Waals surface area contributed by atoms with Gasteiger partial charge in [0.1, 0.15) is 0 Å². The molecule has 0 aromatic heterocycles. The molecule has 0 heterocycles. The predicted molar refractivity (Wildman–Crippen MR) is 113 cm³/mol. The summed E-state index contributed by atoms with van der Waals surface area (Å²) in [5, 5.41) is 7.21. The van der Waals surface area contributed by atoms with E-state index >= 15 is 0 Å². The Balaban J connectivity index is 0.00000288. The molecule has 2 aliphatic carbocycles. The Morgan fingerprint density at radius 1 is 1.29 bits per heavy atom. The maximum atomic E-state index is 12.0. The number of hydrogen-bond donors (Lipinski definition) is 2. The third-order valence-electron chi connectivity index (χ3n) is 4.66. The summed E-state index contributed by atoms with van der Waals surface area (Å²) in [7, 11) is 1.13. The van der Waals surface area contributed by atoms with Crippen molar-refractivity contribution in [1.82, 2.24) is 10.6 Å². The van der Waals surface area contributed by atoms with Crippen molar-refractivity contribution in [3.05, 3.63) is 0 Å². The molecule has 3 unspecified atom stereocenters. The molecule has 2 fully saturated rings. The molecule has 0 radical (unpaired) electrons. The minimum atomic E-state index is -0.676. The molecule has 2 aliphatic rings. The lowest BCUT2D eigenvalue weighted by molar-refractivity contribution is 0.123. The summed E-state index contributed by atoms with van der Waals surface area (Å²) in [4.78, 5) is 4.31. The van der Waals surface area contributed by atoms with Crippen molar-refractivity contribution in [3.8, 4) is 0 Å². The molecule has 0 spiro atoms. The molecule has 0 aliphatic heterocycles. The van der Waals surface area contributed by atoms with Gasteiger partial charge in [-0.15, -0.1) is 24.0 Å². The number of hydrogen-bond acceptors (Lipinski definition) is 3. The number of guanidine groups is 1. The fourth-order valence-corrected chi connectivity index (χ4v) is 4.40. The maximum Gasteiger partial charge on any atom is 0.191 e. The molecule has 24 heavy (non-hydrogen) atoms. The SMILES string of the molecule is CCS(=O)C1CCCC(NC(=NC)NCCCOCC2CC2)C1.I. The third-order valence-corrected chi connectivity index (χ3v) is 6.40. The van der Waals surface area contributed by atoms with E-state index in [2.05, 4.69) is 15.6 Å². The van der Waals surface area contributed by atoms with Gasteiger partial charge in [0, 0.05) is 54.7 Å².